The van der Waals surface area contributed by atoms with E-state index in [9.17, 15) is 14.4 Å². The normalized spacial score (nSPS) is 11.3. The van der Waals surface area contributed by atoms with Gasteiger partial charge in [0.1, 0.15) is 0 Å². The maximum absolute atomic E-state index is 12.3. The molecule has 0 aromatic heterocycles. The highest BCUT2D eigenvalue weighted by Crippen LogP contribution is 2.12. The summed E-state index contributed by atoms with van der Waals surface area (Å²) in [5.41, 5.74) is 2.32. The minimum absolute atomic E-state index is 0.0399. The van der Waals surface area contributed by atoms with Gasteiger partial charge in [-0.1, -0.05) is 13.0 Å². The molecule has 0 saturated carbocycles. The summed E-state index contributed by atoms with van der Waals surface area (Å²) in [5, 5.41) is 11.5. The topological polar surface area (TPSA) is 109 Å². The van der Waals surface area contributed by atoms with Gasteiger partial charge in [-0.3, -0.25) is 14.4 Å². The van der Waals surface area contributed by atoms with Crippen molar-refractivity contribution >= 4 is 29.1 Å². The molecule has 8 nitrogen and oxygen atoms in total. The van der Waals surface area contributed by atoms with Gasteiger partial charge in [-0.2, -0.15) is 0 Å². The lowest BCUT2D eigenvalue weighted by Crippen LogP contribution is -2.31. The van der Waals surface area contributed by atoms with Gasteiger partial charge >= 0.3 is 0 Å². The zero-order valence-electron chi connectivity index (χ0n) is 18.9. The lowest BCUT2D eigenvalue weighted by molar-refractivity contribution is -0.114. The second-order valence-corrected chi connectivity index (χ2v) is 7.44. The first-order valence-electron chi connectivity index (χ1n) is 10.7. The first kappa shape index (κ1) is 24.9. The summed E-state index contributed by atoms with van der Waals surface area (Å²) in [6.45, 7) is 5.13. The van der Waals surface area contributed by atoms with Crippen molar-refractivity contribution in [1.82, 2.24) is 10.6 Å². The fourth-order valence-electron chi connectivity index (χ4n) is 2.79. The highest BCUT2D eigenvalue weighted by molar-refractivity contribution is 5.97. The molecule has 0 radical (unpaired) electrons. The molecule has 0 aliphatic heterocycles. The lowest BCUT2D eigenvalue weighted by Gasteiger charge is -2.13. The van der Waals surface area contributed by atoms with Crippen molar-refractivity contribution < 1.29 is 19.1 Å². The number of carbonyl (C=O) groups excluding carboxylic acids is 3. The van der Waals surface area contributed by atoms with Crippen molar-refractivity contribution in [1.29, 1.82) is 0 Å². The first-order valence-corrected chi connectivity index (χ1v) is 10.7. The third-order valence-electron chi connectivity index (χ3n) is 4.81. The van der Waals surface area contributed by atoms with Crippen LogP contribution in [-0.4, -0.2) is 50.6 Å². The van der Waals surface area contributed by atoms with E-state index in [1.807, 2.05) is 13.8 Å². The quantitative estimate of drug-likeness (QED) is 0.380. The molecule has 172 valence electrons. The van der Waals surface area contributed by atoms with Gasteiger partial charge < -0.3 is 26.0 Å². The number of anilines is 2. The number of ether oxygens (including phenoxy) is 1. The number of methoxy groups -OCH3 is 1. The van der Waals surface area contributed by atoms with Crippen LogP contribution in [0.5, 0.6) is 0 Å². The Balaban J connectivity index is 1.82. The van der Waals surface area contributed by atoms with Gasteiger partial charge in [0.05, 0.1) is 6.54 Å². The predicted octanol–water partition coefficient (Wildman–Crippen LogP) is 3.03. The number of carbonyl (C=O) groups is 3. The maximum Gasteiger partial charge on any atom is 0.251 e. The van der Waals surface area contributed by atoms with E-state index < -0.39 is 0 Å². The summed E-state index contributed by atoms with van der Waals surface area (Å²) >= 11 is 0. The van der Waals surface area contributed by atoms with Crippen LogP contribution in [0.1, 0.15) is 47.4 Å². The summed E-state index contributed by atoms with van der Waals surface area (Å²) < 4.78 is 4.95. The smallest absolute Gasteiger partial charge is 0.251 e. The van der Waals surface area contributed by atoms with Gasteiger partial charge in [0.25, 0.3) is 11.8 Å². The lowest BCUT2D eigenvalue weighted by atomic mass is 10.1. The fraction of sp³-hybridized carbons (Fsp3) is 0.375. The van der Waals surface area contributed by atoms with Crippen molar-refractivity contribution in [3.05, 3.63) is 59.7 Å². The number of rotatable bonds is 12. The second-order valence-electron chi connectivity index (χ2n) is 7.44. The molecule has 0 fully saturated rings. The number of hydrogen-bond donors (Lipinski definition) is 4. The van der Waals surface area contributed by atoms with Gasteiger partial charge in [-0.25, -0.2) is 0 Å². The second kappa shape index (κ2) is 13.1. The van der Waals surface area contributed by atoms with Crippen LogP contribution in [0.25, 0.3) is 0 Å². The summed E-state index contributed by atoms with van der Waals surface area (Å²) in [4.78, 5) is 36.6. The van der Waals surface area contributed by atoms with Crippen LogP contribution < -0.4 is 21.3 Å². The van der Waals surface area contributed by atoms with Crippen LogP contribution in [0, 0.1) is 0 Å². The Morgan fingerprint density at radius 1 is 0.969 bits per heavy atom. The molecule has 1 unspecified atom stereocenters. The van der Waals surface area contributed by atoms with E-state index in [1.54, 1.807) is 55.6 Å². The molecule has 4 N–H and O–H groups in total. The van der Waals surface area contributed by atoms with Crippen LogP contribution >= 0.6 is 0 Å². The average molecular weight is 441 g/mol. The van der Waals surface area contributed by atoms with Crippen LogP contribution in [0.2, 0.25) is 0 Å². The molecule has 0 aliphatic rings. The molecule has 0 saturated heterocycles. The van der Waals surface area contributed by atoms with Crippen LogP contribution in [0.3, 0.4) is 0 Å². The molecule has 2 rings (SSSR count). The van der Waals surface area contributed by atoms with Gasteiger partial charge in [0.2, 0.25) is 5.91 Å². The summed E-state index contributed by atoms with van der Waals surface area (Å²) in [5.74, 6) is -0.551. The minimum atomic E-state index is -0.240. The standard InChI is InChI=1S/C24H32N4O4/c1-4-17(2)27-24(31)19-7-5-8-21(15-19)26-16-22(29)28-20-11-9-18(10-12-20)23(30)25-13-6-14-32-3/h5,7-12,15,17,26H,4,6,13-14,16H2,1-3H3,(H,25,30)(H,27,31)(H,28,29). The molecular formula is C24H32N4O4. The Morgan fingerprint density at radius 2 is 1.72 bits per heavy atom. The van der Waals surface area contributed by atoms with E-state index >= 15 is 0 Å². The van der Waals surface area contributed by atoms with Gasteiger partial charge in [-0.05, 0) is 62.2 Å². The molecule has 3 amide bonds. The van der Waals surface area contributed by atoms with E-state index in [1.165, 1.54) is 0 Å². The van der Waals surface area contributed by atoms with Crippen molar-refractivity contribution in [3.8, 4) is 0 Å². The highest BCUT2D eigenvalue weighted by Gasteiger charge is 2.10. The zero-order valence-corrected chi connectivity index (χ0v) is 18.9. The van der Waals surface area contributed by atoms with Crippen LogP contribution in [-0.2, 0) is 9.53 Å². The molecule has 0 bridgehead atoms. The van der Waals surface area contributed by atoms with E-state index in [0.717, 1.165) is 12.8 Å². The fourth-order valence-corrected chi connectivity index (χ4v) is 2.79. The maximum atomic E-state index is 12.3. The summed E-state index contributed by atoms with van der Waals surface area (Å²) in [6.07, 6.45) is 1.60. The van der Waals surface area contributed by atoms with Crippen molar-refractivity contribution in [3.63, 3.8) is 0 Å². The van der Waals surface area contributed by atoms with Crippen molar-refractivity contribution in [2.75, 3.05) is 37.4 Å². The van der Waals surface area contributed by atoms with E-state index in [-0.39, 0.29) is 30.3 Å². The third-order valence-corrected chi connectivity index (χ3v) is 4.81. The van der Waals surface area contributed by atoms with Gasteiger partial charge in [-0.15, -0.1) is 0 Å². The molecule has 1 atom stereocenters. The highest BCUT2D eigenvalue weighted by atomic mass is 16.5. The Kier molecular flexibility index (Phi) is 10.2. The molecule has 0 heterocycles. The molecule has 8 heteroatoms. The van der Waals surface area contributed by atoms with Crippen molar-refractivity contribution in [2.24, 2.45) is 0 Å². The number of benzene rings is 2. The third kappa shape index (κ3) is 8.39. The number of hydrogen-bond acceptors (Lipinski definition) is 5. The Bertz CT molecular complexity index is 899. The zero-order chi connectivity index (χ0) is 23.3. The Morgan fingerprint density at radius 3 is 2.41 bits per heavy atom. The van der Waals surface area contributed by atoms with Crippen molar-refractivity contribution in [2.45, 2.75) is 32.7 Å². The van der Waals surface area contributed by atoms with E-state index in [4.69, 9.17) is 4.74 Å². The van der Waals surface area contributed by atoms with Crippen LogP contribution in [0.4, 0.5) is 11.4 Å². The van der Waals surface area contributed by atoms with Gasteiger partial charge in [0.15, 0.2) is 0 Å². The van der Waals surface area contributed by atoms with Crippen LogP contribution in [0.15, 0.2) is 48.5 Å². The number of nitrogens with one attached hydrogen (secondary N) is 4. The minimum Gasteiger partial charge on any atom is -0.385 e. The number of amides is 3. The summed E-state index contributed by atoms with van der Waals surface area (Å²) in [7, 11) is 1.62. The molecule has 32 heavy (non-hydrogen) atoms. The molecule has 2 aromatic rings. The van der Waals surface area contributed by atoms with E-state index in [2.05, 4.69) is 21.3 Å². The summed E-state index contributed by atoms with van der Waals surface area (Å²) in [6, 6.07) is 13.8. The predicted molar refractivity (Wildman–Crippen MR) is 126 cm³/mol. The molecular weight excluding hydrogens is 408 g/mol. The Hall–Kier alpha value is -3.39. The SMILES string of the molecule is CCC(C)NC(=O)c1cccc(NCC(=O)Nc2ccc(C(=O)NCCCOC)cc2)c1. The van der Waals surface area contributed by atoms with Gasteiger partial charge in [0, 0.05) is 48.8 Å². The molecule has 0 aliphatic carbocycles. The molecule has 0 spiro atoms. The average Bonchev–Trinajstić information content (AvgIpc) is 2.81. The monoisotopic (exact) mass is 440 g/mol. The van der Waals surface area contributed by atoms with E-state index in [0.29, 0.717) is 35.7 Å². The Labute approximate surface area is 189 Å². The molecule has 2 aromatic carbocycles. The first-order chi connectivity index (χ1) is 15.4. The largest absolute Gasteiger partial charge is 0.385 e.